The minimum absolute atomic E-state index is 0.199. The third-order valence-corrected chi connectivity index (χ3v) is 3.61. The summed E-state index contributed by atoms with van der Waals surface area (Å²) in [5, 5.41) is 2.98. The van der Waals surface area contributed by atoms with E-state index in [1.165, 1.54) is 24.3 Å². The van der Waals surface area contributed by atoms with Gasteiger partial charge in [-0.3, -0.25) is 0 Å². The zero-order valence-electron chi connectivity index (χ0n) is 11.1. The molecular weight excluding hydrogens is 328 g/mol. The molecule has 106 valence electrons. The summed E-state index contributed by atoms with van der Waals surface area (Å²) in [5.41, 5.74) is 0.440. The summed E-state index contributed by atoms with van der Waals surface area (Å²) in [6, 6.07) is 8.75. The molecule has 0 aliphatic heterocycles. The maximum absolute atomic E-state index is 13.9. The van der Waals surface area contributed by atoms with Gasteiger partial charge >= 0.3 is 0 Å². The molecule has 2 rings (SSSR count). The van der Waals surface area contributed by atoms with Crippen molar-refractivity contribution >= 4 is 15.9 Å². The van der Waals surface area contributed by atoms with E-state index in [2.05, 4.69) is 21.2 Å². The van der Waals surface area contributed by atoms with Gasteiger partial charge in [-0.25, -0.2) is 8.78 Å². The highest BCUT2D eigenvalue weighted by atomic mass is 79.9. The summed E-state index contributed by atoms with van der Waals surface area (Å²) < 4.78 is 33.1. The fourth-order valence-corrected chi connectivity index (χ4v) is 2.20. The molecule has 1 atom stereocenters. The Balaban J connectivity index is 2.38. The first-order valence-electron chi connectivity index (χ1n) is 6.11. The van der Waals surface area contributed by atoms with Crippen LogP contribution in [-0.2, 0) is 0 Å². The predicted octanol–water partition coefficient (Wildman–Crippen LogP) is 4.80. The lowest BCUT2D eigenvalue weighted by Gasteiger charge is -2.17. The van der Waals surface area contributed by atoms with Gasteiger partial charge in [-0.15, -0.1) is 0 Å². The third kappa shape index (κ3) is 3.16. The molecule has 0 saturated carbocycles. The average molecular weight is 342 g/mol. The first-order chi connectivity index (χ1) is 9.52. The van der Waals surface area contributed by atoms with Crippen molar-refractivity contribution in [3.63, 3.8) is 0 Å². The zero-order chi connectivity index (χ0) is 14.7. The minimum atomic E-state index is -0.375. The largest absolute Gasteiger partial charge is 0.457 e. The number of ether oxygens (including phenoxy) is 1. The van der Waals surface area contributed by atoms with Gasteiger partial charge in [0.2, 0.25) is 0 Å². The molecular formula is C15H14BrF2NO. The van der Waals surface area contributed by atoms with Gasteiger partial charge < -0.3 is 10.1 Å². The van der Waals surface area contributed by atoms with Gasteiger partial charge in [-0.05, 0) is 60.2 Å². The van der Waals surface area contributed by atoms with Crippen molar-refractivity contribution in [2.45, 2.75) is 13.0 Å². The molecule has 2 nitrogen and oxygen atoms in total. The molecule has 0 amide bonds. The Bertz CT molecular complexity index is 619. The number of rotatable bonds is 4. The Labute approximate surface area is 124 Å². The molecule has 0 bridgehead atoms. The third-order valence-electron chi connectivity index (χ3n) is 3.00. The molecule has 0 aromatic heterocycles. The van der Waals surface area contributed by atoms with E-state index in [1.54, 1.807) is 19.2 Å². The standard InChI is InChI=1S/C15H14BrF2NO/c1-9(19-2)15-13(18)4-3-5-14(15)20-10-6-7-12(17)11(16)8-10/h3-9,19H,1-2H3. The van der Waals surface area contributed by atoms with Crippen molar-refractivity contribution in [3.05, 3.63) is 58.1 Å². The number of halogens is 3. The topological polar surface area (TPSA) is 21.3 Å². The molecule has 0 saturated heterocycles. The summed E-state index contributed by atoms with van der Waals surface area (Å²) in [6.07, 6.45) is 0. The second-order valence-electron chi connectivity index (χ2n) is 4.34. The van der Waals surface area contributed by atoms with Gasteiger partial charge in [0.25, 0.3) is 0 Å². The van der Waals surface area contributed by atoms with Gasteiger partial charge in [-0.1, -0.05) is 6.07 Å². The summed E-state index contributed by atoms with van der Waals surface area (Å²) in [4.78, 5) is 0. The lowest BCUT2D eigenvalue weighted by atomic mass is 10.1. The molecule has 0 aliphatic rings. The molecule has 20 heavy (non-hydrogen) atoms. The quantitative estimate of drug-likeness (QED) is 0.862. The Kier molecular flexibility index (Phi) is 4.73. The van der Waals surface area contributed by atoms with Crippen molar-refractivity contribution in [2.24, 2.45) is 0 Å². The highest BCUT2D eigenvalue weighted by molar-refractivity contribution is 9.10. The van der Waals surface area contributed by atoms with E-state index in [0.29, 0.717) is 21.5 Å². The Morgan fingerprint density at radius 3 is 2.55 bits per heavy atom. The Hall–Kier alpha value is -1.46. The van der Waals surface area contributed by atoms with E-state index < -0.39 is 0 Å². The van der Waals surface area contributed by atoms with Crippen LogP contribution < -0.4 is 10.1 Å². The molecule has 1 N–H and O–H groups in total. The van der Waals surface area contributed by atoms with Crippen molar-refractivity contribution in [2.75, 3.05) is 7.05 Å². The summed E-state index contributed by atoms with van der Waals surface area (Å²) in [7, 11) is 1.75. The van der Waals surface area contributed by atoms with Crippen molar-refractivity contribution in [1.29, 1.82) is 0 Å². The normalized spacial score (nSPS) is 12.2. The lowest BCUT2D eigenvalue weighted by molar-refractivity contribution is 0.451. The fourth-order valence-electron chi connectivity index (χ4n) is 1.84. The number of nitrogens with one attached hydrogen (secondary N) is 1. The van der Waals surface area contributed by atoms with Crippen LogP contribution in [0.4, 0.5) is 8.78 Å². The van der Waals surface area contributed by atoms with E-state index in [1.807, 2.05) is 6.92 Å². The smallest absolute Gasteiger partial charge is 0.137 e. The van der Waals surface area contributed by atoms with Crippen LogP contribution in [0, 0.1) is 11.6 Å². The SMILES string of the molecule is CNC(C)c1c(F)cccc1Oc1ccc(F)c(Br)c1. The molecule has 0 fully saturated rings. The number of hydrogen-bond acceptors (Lipinski definition) is 2. The second kappa shape index (κ2) is 6.33. The monoisotopic (exact) mass is 341 g/mol. The van der Waals surface area contributed by atoms with Gasteiger partial charge in [0.15, 0.2) is 0 Å². The van der Waals surface area contributed by atoms with Gasteiger partial charge in [-0.2, -0.15) is 0 Å². The molecule has 5 heteroatoms. The van der Waals surface area contributed by atoms with Crippen LogP contribution in [0.15, 0.2) is 40.9 Å². The molecule has 0 heterocycles. The summed E-state index contributed by atoms with van der Waals surface area (Å²) >= 11 is 3.09. The van der Waals surface area contributed by atoms with Gasteiger partial charge in [0.1, 0.15) is 23.1 Å². The average Bonchev–Trinajstić information content (AvgIpc) is 2.42. The Morgan fingerprint density at radius 2 is 1.90 bits per heavy atom. The van der Waals surface area contributed by atoms with E-state index in [9.17, 15) is 8.78 Å². The first-order valence-corrected chi connectivity index (χ1v) is 6.90. The van der Waals surface area contributed by atoms with Crippen LogP contribution >= 0.6 is 15.9 Å². The lowest BCUT2D eigenvalue weighted by Crippen LogP contribution is -2.14. The van der Waals surface area contributed by atoms with Crippen LogP contribution in [0.25, 0.3) is 0 Å². The van der Waals surface area contributed by atoms with Crippen LogP contribution in [0.3, 0.4) is 0 Å². The molecule has 1 unspecified atom stereocenters. The first kappa shape index (κ1) is 14.9. The van der Waals surface area contributed by atoms with Gasteiger partial charge in [0.05, 0.1) is 4.47 Å². The van der Waals surface area contributed by atoms with E-state index >= 15 is 0 Å². The maximum Gasteiger partial charge on any atom is 0.137 e. The number of hydrogen-bond donors (Lipinski definition) is 1. The summed E-state index contributed by atoms with van der Waals surface area (Å²) in [6.45, 7) is 1.84. The van der Waals surface area contributed by atoms with Crippen LogP contribution in [-0.4, -0.2) is 7.05 Å². The molecule has 2 aromatic rings. The Morgan fingerprint density at radius 1 is 1.15 bits per heavy atom. The van der Waals surface area contributed by atoms with Crippen LogP contribution in [0.5, 0.6) is 11.5 Å². The maximum atomic E-state index is 13.9. The molecule has 0 spiro atoms. The van der Waals surface area contributed by atoms with Crippen molar-refractivity contribution < 1.29 is 13.5 Å². The zero-order valence-corrected chi connectivity index (χ0v) is 12.7. The summed E-state index contributed by atoms with van der Waals surface area (Å²) in [5.74, 6) is 0.129. The molecule has 2 aromatic carbocycles. The fraction of sp³-hybridized carbons (Fsp3) is 0.200. The van der Waals surface area contributed by atoms with Crippen molar-refractivity contribution in [1.82, 2.24) is 5.32 Å². The van der Waals surface area contributed by atoms with Crippen molar-refractivity contribution in [3.8, 4) is 11.5 Å². The highest BCUT2D eigenvalue weighted by Crippen LogP contribution is 2.32. The van der Waals surface area contributed by atoms with E-state index in [0.717, 1.165) is 0 Å². The van der Waals surface area contributed by atoms with Crippen LogP contribution in [0.2, 0.25) is 0 Å². The minimum Gasteiger partial charge on any atom is -0.457 e. The van der Waals surface area contributed by atoms with E-state index in [4.69, 9.17) is 4.74 Å². The van der Waals surface area contributed by atoms with Crippen LogP contribution in [0.1, 0.15) is 18.5 Å². The predicted molar refractivity (Wildman–Crippen MR) is 78.0 cm³/mol. The molecule has 0 aliphatic carbocycles. The van der Waals surface area contributed by atoms with E-state index in [-0.39, 0.29) is 17.7 Å². The second-order valence-corrected chi connectivity index (χ2v) is 5.19. The van der Waals surface area contributed by atoms with Gasteiger partial charge in [0, 0.05) is 11.6 Å². The highest BCUT2D eigenvalue weighted by Gasteiger charge is 2.16. The molecule has 0 radical (unpaired) electrons. The number of benzene rings is 2.